The van der Waals surface area contributed by atoms with E-state index in [1.54, 1.807) is 7.11 Å². The summed E-state index contributed by atoms with van der Waals surface area (Å²) in [6.45, 7) is 7.93. The zero-order chi connectivity index (χ0) is 16.7. The summed E-state index contributed by atoms with van der Waals surface area (Å²) in [6.07, 6.45) is 1.10. The molecule has 0 saturated heterocycles. The monoisotopic (exact) mass is 314 g/mol. The second kappa shape index (κ2) is 8.36. The van der Waals surface area contributed by atoms with Crippen LogP contribution in [-0.2, 0) is 6.54 Å². The number of para-hydroxylation sites is 1. The van der Waals surface area contributed by atoms with Gasteiger partial charge in [0.1, 0.15) is 11.6 Å². The first-order valence-corrected chi connectivity index (χ1v) is 8.04. The van der Waals surface area contributed by atoms with Crippen LogP contribution in [0.3, 0.4) is 0 Å². The van der Waals surface area contributed by atoms with Crippen LogP contribution in [0.2, 0.25) is 0 Å². The van der Waals surface area contributed by atoms with Gasteiger partial charge in [-0.1, -0.05) is 32.0 Å². The number of methoxy groups -OCH3 is 1. The van der Waals surface area contributed by atoms with Gasteiger partial charge in [0, 0.05) is 30.4 Å². The molecule has 2 N–H and O–H groups in total. The van der Waals surface area contributed by atoms with Crippen LogP contribution in [0.1, 0.15) is 31.5 Å². The largest absolute Gasteiger partial charge is 0.496 e. The van der Waals surface area contributed by atoms with E-state index in [1.807, 2.05) is 37.3 Å². The zero-order valence-electron chi connectivity index (χ0n) is 14.4. The summed E-state index contributed by atoms with van der Waals surface area (Å²) in [5.41, 5.74) is 2.04. The van der Waals surface area contributed by atoms with E-state index >= 15 is 0 Å². The van der Waals surface area contributed by atoms with Gasteiger partial charge in [-0.05, 0) is 25.3 Å². The molecule has 1 heterocycles. The number of hydrogen-bond donors (Lipinski definition) is 2. The van der Waals surface area contributed by atoms with Crippen molar-refractivity contribution in [3.05, 3.63) is 41.6 Å². The highest BCUT2D eigenvalue weighted by Gasteiger charge is 2.05. The van der Waals surface area contributed by atoms with E-state index in [0.717, 1.165) is 35.8 Å². The lowest BCUT2D eigenvalue weighted by molar-refractivity contribution is 0.410. The van der Waals surface area contributed by atoms with Gasteiger partial charge in [-0.3, -0.25) is 0 Å². The number of benzene rings is 1. The summed E-state index contributed by atoms with van der Waals surface area (Å²) < 4.78 is 5.37. The first-order chi connectivity index (χ1) is 11.1. The minimum absolute atomic E-state index is 0.659. The summed E-state index contributed by atoms with van der Waals surface area (Å²) in [6, 6.07) is 9.92. The molecule has 5 heteroatoms. The molecule has 0 bridgehead atoms. The molecule has 0 aliphatic rings. The lowest BCUT2D eigenvalue weighted by Gasteiger charge is -2.12. The topological polar surface area (TPSA) is 59.1 Å². The summed E-state index contributed by atoms with van der Waals surface area (Å²) in [5, 5.41) is 6.64. The molecule has 0 aliphatic carbocycles. The molecule has 0 unspecified atom stereocenters. The van der Waals surface area contributed by atoms with Crippen molar-refractivity contribution in [2.24, 2.45) is 5.92 Å². The summed E-state index contributed by atoms with van der Waals surface area (Å²) in [4.78, 5) is 8.96. The fraction of sp³-hybridized carbons (Fsp3) is 0.444. The van der Waals surface area contributed by atoms with Crippen LogP contribution in [-0.4, -0.2) is 23.6 Å². The minimum Gasteiger partial charge on any atom is -0.496 e. The van der Waals surface area contributed by atoms with Gasteiger partial charge in [-0.25, -0.2) is 4.98 Å². The Bertz CT molecular complexity index is 628. The van der Waals surface area contributed by atoms with Crippen LogP contribution < -0.4 is 15.4 Å². The molecule has 0 atom stereocenters. The van der Waals surface area contributed by atoms with E-state index in [9.17, 15) is 0 Å². The van der Waals surface area contributed by atoms with Gasteiger partial charge in [-0.15, -0.1) is 0 Å². The maximum atomic E-state index is 5.37. The van der Waals surface area contributed by atoms with Crippen LogP contribution in [0.4, 0.5) is 11.8 Å². The number of nitrogens with one attached hydrogen (secondary N) is 2. The maximum absolute atomic E-state index is 5.37. The Kier molecular flexibility index (Phi) is 6.20. The van der Waals surface area contributed by atoms with Crippen molar-refractivity contribution < 1.29 is 4.74 Å². The standard InChI is InChI=1S/C18H26N4O/c1-13(2)9-10-19-18-21-14(3)11-17(22-18)20-12-15-7-5-6-8-16(15)23-4/h5-8,11,13H,9-10,12H2,1-4H3,(H2,19,20,21,22). The lowest BCUT2D eigenvalue weighted by atomic mass is 10.1. The van der Waals surface area contributed by atoms with Gasteiger partial charge in [0.25, 0.3) is 0 Å². The third kappa shape index (κ3) is 5.43. The summed E-state index contributed by atoms with van der Waals surface area (Å²) in [7, 11) is 1.68. The van der Waals surface area contributed by atoms with Crippen molar-refractivity contribution in [3.8, 4) is 5.75 Å². The number of nitrogens with zero attached hydrogens (tertiary/aromatic N) is 2. The van der Waals surface area contributed by atoms with Crippen LogP contribution in [0, 0.1) is 12.8 Å². The molecule has 1 aromatic carbocycles. The molecule has 1 aromatic heterocycles. The highest BCUT2D eigenvalue weighted by atomic mass is 16.5. The molecule has 124 valence electrons. The van der Waals surface area contributed by atoms with E-state index in [1.165, 1.54) is 0 Å². The van der Waals surface area contributed by atoms with Crippen molar-refractivity contribution in [2.45, 2.75) is 33.7 Å². The third-order valence-electron chi connectivity index (χ3n) is 3.51. The first kappa shape index (κ1) is 17.1. The Hall–Kier alpha value is -2.30. The quantitative estimate of drug-likeness (QED) is 0.774. The van der Waals surface area contributed by atoms with Crippen molar-refractivity contribution >= 4 is 11.8 Å². The average Bonchev–Trinajstić information content (AvgIpc) is 2.52. The number of ether oxygens (including phenoxy) is 1. The fourth-order valence-electron chi connectivity index (χ4n) is 2.25. The molecule has 0 aliphatic heterocycles. The fourth-order valence-corrected chi connectivity index (χ4v) is 2.25. The molecule has 0 radical (unpaired) electrons. The average molecular weight is 314 g/mol. The van der Waals surface area contributed by atoms with E-state index < -0.39 is 0 Å². The van der Waals surface area contributed by atoms with Gasteiger partial charge in [0.05, 0.1) is 7.11 Å². The van der Waals surface area contributed by atoms with Crippen molar-refractivity contribution in [1.82, 2.24) is 9.97 Å². The molecule has 0 fully saturated rings. The molecule has 23 heavy (non-hydrogen) atoms. The van der Waals surface area contributed by atoms with Gasteiger partial charge in [0.15, 0.2) is 0 Å². The molecule has 0 saturated carbocycles. The van der Waals surface area contributed by atoms with Crippen molar-refractivity contribution in [2.75, 3.05) is 24.3 Å². The molecular weight excluding hydrogens is 288 g/mol. The Balaban J connectivity index is 2.00. The predicted molar refractivity (Wildman–Crippen MR) is 95.0 cm³/mol. The van der Waals surface area contributed by atoms with Crippen molar-refractivity contribution in [1.29, 1.82) is 0 Å². The normalized spacial score (nSPS) is 10.7. The second-order valence-corrected chi connectivity index (χ2v) is 5.99. The zero-order valence-corrected chi connectivity index (χ0v) is 14.4. The molecule has 5 nitrogen and oxygen atoms in total. The maximum Gasteiger partial charge on any atom is 0.224 e. The lowest BCUT2D eigenvalue weighted by Crippen LogP contribution is -2.10. The molecule has 2 aromatic rings. The van der Waals surface area contributed by atoms with Crippen LogP contribution in [0.25, 0.3) is 0 Å². The number of aryl methyl sites for hydroxylation is 1. The smallest absolute Gasteiger partial charge is 0.224 e. The molecule has 0 amide bonds. The number of rotatable bonds is 8. The van der Waals surface area contributed by atoms with Gasteiger partial charge in [0.2, 0.25) is 5.95 Å². The molecule has 0 spiro atoms. The number of aromatic nitrogens is 2. The highest BCUT2D eigenvalue weighted by molar-refractivity contribution is 5.44. The number of anilines is 2. The summed E-state index contributed by atoms with van der Waals surface area (Å²) in [5.74, 6) is 3.03. The van der Waals surface area contributed by atoms with Crippen LogP contribution >= 0.6 is 0 Å². The third-order valence-corrected chi connectivity index (χ3v) is 3.51. The Morgan fingerprint density at radius 1 is 1.13 bits per heavy atom. The molecular formula is C18H26N4O. The SMILES string of the molecule is COc1ccccc1CNc1cc(C)nc(NCCC(C)C)n1. The number of hydrogen-bond acceptors (Lipinski definition) is 5. The van der Waals surface area contributed by atoms with E-state index in [2.05, 4.69) is 34.4 Å². The van der Waals surface area contributed by atoms with Gasteiger partial charge < -0.3 is 15.4 Å². The highest BCUT2D eigenvalue weighted by Crippen LogP contribution is 2.19. The van der Waals surface area contributed by atoms with E-state index in [-0.39, 0.29) is 0 Å². The Morgan fingerprint density at radius 2 is 1.91 bits per heavy atom. The van der Waals surface area contributed by atoms with Gasteiger partial charge >= 0.3 is 0 Å². The summed E-state index contributed by atoms with van der Waals surface area (Å²) >= 11 is 0. The van der Waals surface area contributed by atoms with Crippen molar-refractivity contribution in [3.63, 3.8) is 0 Å². The first-order valence-electron chi connectivity index (χ1n) is 8.04. The molecule has 2 rings (SSSR count). The Labute approximate surface area is 138 Å². The van der Waals surface area contributed by atoms with Crippen LogP contribution in [0.5, 0.6) is 5.75 Å². The predicted octanol–water partition coefficient (Wildman–Crippen LogP) is 3.86. The minimum atomic E-state index is 0.659. The Morgan fingerprint density at radius 3 is 2.65 bits per heavy atom. The van der Waals surface area contributed by atoms with E-state index in [0.29, 0.717) is 18.4 Å². The van der Waals surface area contributed by atoms with Crippen LogP contribution in [0.15, 0.2) is 30.3 Å². The van der Waals surface area contributed by atoms with E-state index in [4.69, 9.17) is 4.74 Å². The second-order valence-electron chi connectivity index (χ2n) is 5.99. The van der Waals surface area contributed by atoms with Gasteiger partial charge in [-0.2, -0.15) is 4.98 Å².